The fraction of sp³-hybridized carbons (Fsp3) is 0.375. The minimum atomic E-state index is -0.168. The first-order valence-corrected chi connectivity index (χ1v) is 7.00. The van der Waals surface area contributed by atoms with Crippen molar-refractivity contribution in [2.45, 2.75) is 32.2 Å². The van der Waals surface area contributed by atoms with Gasteiger partial charge in [0.1, 0.15) is 0 Å². The zero-order valence-corrected chi connectivity index (χ0v) is 11.5. The van der Waals surface area contributed by atoms with Crippen LogP contribution in [0.5, 0.6) is 0 Å². The summed E-state index contributed by atoms with van der Waals surface area (Å²) in [6.45, 7) is 1.81. The average Bonchev–Trinajstić information content (AvgIpc) is 3.21. The molecule has 20 heavy (non-hydrogen) atoms. The third-order valence-corrected chi connectivity index (χ3v) is 3.66. The van der Waals surface area contributed by atoms with Gasteiger partial charge in [-0.1, -0.05) is 35.5 Å². The predicted molar refractivity (Wildman–Crippen MR) is 75.4 cm³/mol. The molecule has 1 N–H and O–H groups in total. The lowest BCUT2D eigenvalue weighted by Crippen LogP contribution is -2.37. The zero-order valence-electron chi connectivity index (χ0n) is 11.5. The molecule has 1 saturated carbocycles. The van der Waals surface area contributed by atoms with Gasteiger partial charge in [0, 0.05) is 12.1 Å². The molecule has 1 fully saturated rings. The van der Waals surface area contributed by atoms with Crippen LogP contribution in [0.3, 0.4) is 0 Å². The second kappa shape index (κ2) is 5.49. The smallest absolute Gasteiger partial charge is 0.290 e. The molecule has 1 aliphatic carbocycles. The van der Waals surface area contributed by atoms with Crippen LogP contribution in [0.1, 0.15) is 34.7 Å². The number of hydrogen-bond donors (Lipinski definition) is 1. The van der Waals surface area contributed by atoms with E-state index < -0.39 is 0 Å². The van der Waals surface area contributed by atoms with E-state index in [-0.39, 0.29) is 11.9 Å². The number of carbonyl (C=O) groups is 1. The van der Waals surface area contributed by atoms with Gasteiger partial charge in [-0.3, -0.25) is 4.79 Å². The van der Waals surface area contributed by atoms with Crippen molar-refractivity contribution in [2.75, 3.05) is 0 Å². The molecule has 1 aromatic carbocycles. The van der Waals surface area contributed by atoms with Crippen molar-refractivity contribution in [3.8, 4) is 0 Å². The highest BCUT2D eigenvalue weighted by Crippen LogP contribution is 2.34. The normalized spacial score (nSPS) is 15.8. The highest BCUT2D eigenvalue weighted by molar-refractivity contribution is 5.91. The summed E-state index contributed by atoms with van der Waals surface area (Å²) in [7, 11) is 0. The summed E-state index contributed by atoms with van der Waals surface area (Å²) in [6, 6.07) is 12.1. The van der Waals surface area contributed by atoms with Crippen molar-refractivity contribution in [1.29, 1.82) is 0 Å². The number of aryl methyl sites for hydroxylation is 1. The molecule has 4 nitrogen and oxygen atoms in total. The fourth-order valence-corrected chi connectivity index (χ4v) is 2.41. The van der Waals surface area contributed by atoms with Crippen molar-refractivity contribution in [3.63, 3.8) is 0 Å². The molecule has 1 atom stereocenters. The van der Waals surface area contributed by atoms with Crippen molar-refractivity contribution in [1.82, 2.24) is 10.5 Å². The summed E-state index contributed by atoms with van der Waals surface area (Å²) < 4.78 is 5.02. The van der Waals surface area contributed by atoms with Crippen LogP contribution in [-0.4, -0.2) is 17.1 Å². The largest absolute Gasteiger partial charge is 0.351 e. The minimum absolute atomic E-state index is 0.168. The van der Waals surface area contributed by atoms with Gasteiger partial charge in [-0.05, 0) is 37.7 Å². The van der Waals surface area contributed by atoms with Gasteiger partial charge >= 0.3 is 0 Å². The van der Waals surface area contributed by atoms with Gasteiger partial charge in [0.25, 0.3) is 5.91 Å². The average molecular weight is 270 g/mol. The van der Waals surface area contributed by atoms with Crippen molar-refractivity contribution < 1.29 is 9.32 Å². The van der Waals surface area contributed by atoms with Gasteiger partial charge in [-0.15, -0.1) is 0 Å². The number of hydrogen-bond acceptors (Lipinski definition) is 3. The van der Waals surface area contributed by atoms with Gasteiger partial charge in [-0.2, -0.15) is 0 Å². The van der Waals surface area contributed by atoms with Crippen LogP contribution in [0.2, 0.25) is 0 Å². The maximum Gasteiger partial charge on any atom is 0.290 e. The summed E-state index contributed by atoms with van der Waals surface area (Å²) in [5.41, 5.74) is 1.97. The van der Waals surface area contributed by atoms with Gasteiger partial charge in [0.2, 0.25) is 5.76 Å². The SMILES string of the molecule is Cc1cc(C(=O)N[C@H](Cc2ccccc2)C2CC2)on1. The van der Waals surface area contributed by atoms with E-state index in [4.69, 9.17) is 4.52 Å². The number of nitrogens with one attached hydrogen (secondary N) is 1. The van der Waals surface area contributed by atoms with Crippen LogP contribution in [0.4, 0.5) is 0 Å². The molecule has 1 amide bonds. The first-order valence-electron chi connectivity index (χ1n) is 7.00. The maximum absolute atomic E-state index is 12.1. The molecule has 0 aliphatic heterocycles. The zero-order chi connectivity index (χ0) is 13.9. The molecule has 0 radical (unpaired) electrons. The van der Waals surface area contributed by atoms with E-state index in [1.165, 1.54) is 18.4 Å². The molecule has 1 aromatic heterocycles. The molecule has 104 valence electrons. The molecular formula is C16H18N2O2. The summed E-state index contributed by atoms with van der Waals surface area (Å²) in [5.74, 6) is 0.711. The topological polar surface area (TPSA) is 55.1 Å². The first kappa shape index (κ1) is 12.9. The number of nitrogens with zero attached hydrogens (tertiary/aromatic N) is 1. The Kier molecular flexibility index (Phi) is 3.54. The van der Waals surface area contributed by atoms with Gasteiger partial charge in [-0.25, -0.2) is 0 Å². The third-order valence-electron chi connectivity index (χ3n) is 3.66. The van der Waals surface area contributed by atoms with Gasteiger partial charge < -0.3 is 9.84 Å². The highest BCUT2D eigenvalue weighted by atomic mass is 16.5. The molecule has 1 aliphatic rings. The Balaban J connectivity index is 1.67. The second-order valence-corrected chi connectivity index (χ2v) is 5.44. The number of benzene rings is 1. The Labute approximate surface area is 118 Å². The van der Waals surface area contributed by atoms with Crippen molar-refractivity contribution in [3.05, 3.63) is 53.4 Å². The van der Waals surface area contributed by atoms with Crippen LogP contribution >= 0.6 is 0 Å². The Morgan fingerprint density at radius 3 is 2.75 bits per heavy atom. The highest BCUT2D eigenvalue weighted by Gasteiger charge is 2.33. The van der Waals surface area contributed by atoms with E-state index in [9.17, 15) is 4.79 Å². The summed E-state index contributed by atoms with van der Waals surface area (Å²) in [4.78, 5) is 12.1. The van der Waals surface area contributed by atoms with E-state index >= 15 is 0 Å². The number of amides is 1. The lowest BCUT2D eigenvalue weighted by Gasteiger charge is -2.17. The fourth-order valence-electron chi connectivity index (χ4n) is 2.41. The molecule has 0 bridgehead atoms. The Bertz CT molecular complexity index is 588. The third kappa shape index (κ3) is 3.07. The molecule has 0 unspecified atom stereocenters. The molecule has 0 saturated heterocycles. The van der Waals surface area contributed by atoms with E-state index in [2.05, 4.69) is 22.6 Å². The molecule has 3 rings (SSSR count). The number of carbonyl (C=O) groups excluding carboxylic acids is 1. The van der Waals surface area contributed by atoms with E-state index in [1.54, 1.807) is 6.07 Å². The standard InChI is InChI=1S/C16H18N2O2/c1-11-9-15(20-18-11)16(19)17-14(13-7-8-13)10-12-5-3-2-4-6-12/h2-6,9,13-14H,7-8,10H2,1H3,(H,17,19)/t14-/m1/s1. The lowest BCUT2D eigenvalue weighted by molar-refractivity contribution is 0.0894. The van der Waals surface area contributed by atoms with E-state index in [1.807, 2.05) is 25.1 Å². The minimum Gasteiger partial charge on any atom is -0.351 e. The summed E-state index contributed by atoms with van der Waals surface area (Å²) in [5, 5.41) is 6.84. The molecule has 4 heteroatoms. The molecule has 1 heterocycles. The van der Waals surface area contributed by atoms with Crippen LogP contribution in [0, 0.1) is 12.8 Å². The summed E-state index contributed by atoms with van der Waals surface area (Å²) in [6.07, 6.45) is 3.24. The maximum atomic E-state index is 12.1. The molecular weight excluding hydrogens is 252 g/mol. The Morgan fingerprint density at radius 2 is 2.15 bits per heavy atom. The number of aromatic nitrogens is 1. The Morgan fingerprint density at radius 1 is 1.40 bits per heavy atom. The summed E-state index contributed by atoms with van der Waals surface area (Å²) >= 11 is 0. The van der Waals surface area contributed by atoms with Crippen molar-refractivity contribution >= 4 is 5.91 Å². The van der Waals surface area contributed by atoms with Crippen LogP contribution in [0.25, 0.3) is 0 Å². The van der Waals surface area contributed by atoms with Crippen LogP contribution < -0.4 is 5.32 Å². The van der Waals surface area contributed by atoms with Gasteiger partial charge in [0.05, 0.1) is 5.69 Å². The number of rotatable bonds is 5. The van der Waals surface area contributed by atoms with E-state index in [0.717, 1.165) is 12.1 Å². The second-order valence-electron chi connectivity index (χ2n) is 5.44. The monoisotopic (exact) mass is 270 g/mol. The van der Waals surface area contributed by atoms with Crippen LogP contribution in [0.15, 0.2) is 40.9 Å². The lowest BCUT2D eigenvalue weighted by atomic mass is 10.0. The quantitative estimate of drug-likeness (QED) is 0.909. The molecule has 2 aromatic rings. The molecule has 0 spiro atoms. The predicted octanol–water partition coefficient (Wildman–Crippen LogP) is 2.73. The Hall–Kier alpha value is -2.10. The van der Waals surface area contributed by atoms with Crippen LogP contribution in [-0.2, 0) is 6.42 Å². The first-order chi connectivity index (χ1) is 9.72. The van der Waals surface area contributed by atoms with Gasteiger partial charge in [0.15, 0.2) is 0 Å². The van der Waals surface area contributed by atoms with E-state index in [0.29, 0.717) is 11.7 Å². The van der Waals surface area contributed by atoms with Crippen molar-refractivity contribution in [2.24, 2.45) is 5.92 Å².